The van der Waals surface area contributed by atoms with E-state index in [1.54, 1.807) is 0 Å². The van der Waals surface area contributed by atoms with E-state index in [0.29, 0.717) is 24.7 Å². The topological polar surface area (TPSA) is 101 Å². The molecule has 0 radical (unpaired) electrons. The van der Waals surface area contributed by atoms with Crippen LogP contribution >= 0.6 is 0 Å². The largest absolute Gasteiger partial charge is 0.398 e. The third-order valence-corrected chi connectivity index (χ3v) is 9.51. The molecule has 0 saturated heterocycles. The van der Waals surface area contributed by atoms with Gasteiger partial charge < -0.3 is 5.11 Å². The minimum atomic E-state index is -4.73. The van der Waals surface area contributed by atoms with Crippen LogP contribution in [-0.2, 0) is 19.4 Å². The molecule has 7 unspecified atom stereocenters. The van der Waals surface area contributed by atoms with Crippen molar-refractivity contribution >= 4 is 16.2 Å². The standard InChI is InChI=1S/C21H32O6S/c1-13(22)21(27-28(24,25)26)11-8-18-16-5-4-14-12-15(23)6-9-19(14,2)17(16)7-10-20(18,21)3/h4,15-18,23H,5-12H2,1-3H3,(H,24,25,26). The zero-order valence-electron chi connectivity index (χ0n) is 17.0. The molecule has 2 N–H and O–H groups in total. The minimum Gasteiger partial charge on any atom is -0.393 e. The lowest BCUT2D eigenvalue weighted by molar-refractivity contribution is -0.153. The minimum absolute atomic E-state index is 0.0782. The average Bonchev–Trinajstić information content (AvgIpc) is 2.88. The summed E-state index contributed by atoms with van der Waals surface area (Å²) in [5.74, 6) is 0.714. The van der Waals surface area contributed by atoms with Crippen molar-refractivity contribution in [2.45, 2.75) is 83.8 Å². The fourth-order valence-electron chi connectivity index (χ4n) is 7.59. The second kappa shape index (κ2) is 6.37. The predicted octanol–water partition coefficient (Wildman–Crippen LogP) is 3.46. The lowest BCUT2D eigenvalue weighted by Crippen LogP contribution is -2.58. The van der Waals surface area contributed by atoms with Crippen LogP contribution < -0.4 is 0 Å². The number of Topliss-reactive ketones (excluding diaryl/α,β-unsaturated/α-hetero) is 1. The van der Waals surface area contributed by atoms with Crippen molar-refractivity contribution in [1.82, 2.24) is 0 Å². The molecular weight excluding hydrogens is 380 g/mol. The molecule has 0 bridgehead atoms. The van der Waals surface area contributed by atoms with E-state index >= 15 is 0 Å². The van der Waals surface area contributed by atoms with Gasteiger partial charge in [0.25, 0.3) is 0 Å². The highest BCUT2D eigenvalue weighted by Crippen LogP contribution is 2.68. The van der Waals surface area contributed by atoms with Crippen molar-refractivity contribution < 1.29 is 27.1 Å². The second-order valence-electron chi connectivity index (χ2n) is 10.0. The van der Waals surface area contributed by atoms with Gasteiger partial charge in [0.15, 0.2) is 11.4 Å². The summed E-state index contributed by atoms with van der Waals surface area (Å²) in [6, 6.07) is 0. The zero-order chi connectivity index (χ0) is 20.5. The number of hydrogen-bond acceptors (Lipinski definition) is 5. The van der Waals surface area contributed by atoms with Gasteiger partial charge in [-0.1, -0.05) is 25.5 Å². The maximum Gasteiger partial charge on any atom is 0.398 e. The Hall–Kier alpha value is -0.760. The number of carbonyl (C=O) groups is 1. The first-order chi connectivity index (χ1) is 12.9. The lowest BCUT2D eigenvalue weighted by atomic mass is 9.47. The number of carbonyl (C=O) groups excluding carboxylic acids is 1. The molecule has 158 valence electrons. The molecule has 3 saturated carbocycles. The fraction of sp³-hybridized carbons (Fsp3) is 0.857. The first kappa shape index (κ1) is 20.5. The second-order valence-corrected chi connectivity index (χ2v) is 11.1. The van der Waals surface area contributed by atoms with Gasteiger partial charge in [-0.25, -0.2) is 4.18 Å². The molecule has 4 rings (SSSR count). The quantitative estimate of drug-likeness (QED) is 0.544. The summed E-state index contributed by atoms with van der Waals surface area (Å²) in [6.07, 6.45) is 8.19. The number of rotatable bonds is 3. The van der Waals surface area contributed by atoms with Crippen molar-refractivity contribution in [1.29, 1.82) is 0 Å². The molecular formula is C21H32O6S. The molecule has 0 aromatic carbocycles. The third kappa shape index (κ3) is 2.76. The molecule has 0 aromatic rings. The van der Waals surface area contributed by atoms with E-state index in [1.165, 1.54) is 12.5 Å². The van der Waals surface area contributed by atoms with Crippen LogP contribution in [0.1, 0.15) is 72.1 Å². The number of ketones is 1. The molecule has 28 heavy (non-hydrogen) atoms. The van der Waals surface area contributed by atoms with E-state index in [2.05, 4.69) is 13.0 Å². The summed E-state index contributed by atoms with van der Waals surface area (Å²) in [5.41, 5.74) is -0.620. The highest BCUT2D eigenvalue weighted by Gasteiger charge is 2.67. The molecule has 6 nitrogen and oxygen atoms in total. The van der Waals surface area contributed by atoms with E-state index in [-0.39, 0.29) is 23.2 Å². The molecule has 0 amide bonds. The van der Waals surface area contributed by atoms with E-state index in [9.17, 15) is 22.9 Å². The van der Waals surface area contributed by atoms with Crippen LogP contribution in [0.15, 0.2) is 11.6 Å². The fourth-order valence-corrected chi connectivity index (χ4v) is 8.34. The Morgan fingerprint density at radius 3 is 2.46 bits per heavy atom. The van der Waals surface area contributed by atoms with Gasteiger partial charge in [-0.05, 0) is 81.5 Å². The summed E-state index contributed by atoms with van der Waals surface area (Å²) in [4.78, 5) is 12.7. The Morgan fingerprint density at radius 1 is 1.14 bits per heavy atom. The van der Waals surface area contributed by atoms with E-state index in [1.807, 2.05) is 6.92 Å². The van der Waals surface area contributed by atoms with Crippen LogP contribution in [0.25, 0.3) is 0 Å². The average molecular weight is 413 g/mol. The predicted molar refractivity (Wildman–Crippen MR) is 104 cm³/mol. The highest BCUT2D eigenvalue weighted by molar-refractivity contribution is 7.81. The van der Waals surface area contributed by atoms with E-state index in [4.69, 9.17) is 4.18 Å². The summed E-state index contributed by atoms with van der Waals surface area (Å²) >= 11 is 0. The molecule has 3 fully saturated rings. The number of allylic oxidation sites excluding steroid dienone is 1. The Labute approximate surface area is 167 Å². The lowest BCUT2D eigenvalue weighted by Gasteiger charge is -2.58. The van der Waals surface area contributed by atoms with Gasteiger partial charge in [0, 0.05) is 5.41 Å². The summed E-state index contributed by atoms with van der Waals surface area (Å²) in [5, 5.41) is 10.1. The van der Waals surface area contributed by atoms with Gasteiger partial charge in [-0.2, -0.15) is 8.42 Å². The molecule has 4 aliphatic rings. The van der Waals surface area contributed by atoms with Crippen molar-refractivity contribution in [2.75, 3.05) is 0 Å². The van der Waals surface area contributed by atoms with Crippen molar-refractivity contribution in [2.24, 2.45) is 28.6 Å². The Balaban J connectivity index is 1.71. The van der Waals surface area contributed by atoms with Crippen LogP contribution in [0.4, 0.5) is 0 Å². The Kier molecular flexibility index (Phi) is 4.66. The molecule has 7 heteroatoms. The van der Waals surface area contributed by atoms with Crippen molar-refractivity contribution in [3.63, 3.8) is 0 Å². The van der Waals surface area contributed by atoms with E-state index < -0.39 is 21.4 Å². The summed E-state index contributed by atoms with van der Waals surface area (Å²) < 4.78 is 37.8. The smallest absolute Gasteiger partial charge is 0.393 e. The Bertz CT molecular complexity index is 819. The maximum absolute atomic E-state index is 12.7. The van der Waals surface area contributed by atoms with Gasteiger partial charge in [-0.3, -0.25) is 9.35 Å². The molecule has 0 aliphatic heterocycles. The monoisotopic (exact) mass is 412 g/mol. The van der Waals surface area contributed by atoms with Crippen LogP contribution in [-0.4, -0.2) is 35.6 Å². The van der Waals surface area contributed by atoms with Gasteiger partial charge in [0.2, 0.25) is 0 Å². The van der Waals surface area contributed by atoms with Gasteiger partial charge in [-0.15, -0.1) is 0 Å². The van der Waals surface area contributed by atoms with Gasteiger partial charge in [0.1, 0.15) is 0 Å². The molecule has 0 spiro atoms. The molecule has 0 heterocycles. The first-order valence-corrected chi connectivity index (χ1v) is 11.9. The van der Waals surface area contributed by atoms with Crippen molar-refractivity contribution in [3.8, 4) is 0 Å². The number of aliphatic hydroxyl groups excluding tert-OH is 1. The number of aliphatic hydroxyl groups is 1. The maximum atomic E-state index is 12.7. The third-order valence-electron chi connectivity index (χ3n) is 9.01. The highest BCUT2D eigenvalue weighted by atomic mass is 32.3. The SMILES string of the molecule is CC(=O)C1(OS(=O)(=O)O)CCC2C3CC=C4CC(O)CCC4(C)C3CCC21C. The number of fused-ring (bicyclic) bond motifs is 5. The summed E-state index contributed by atoms with van der Waals surface area (Å²) in [6.45, 7) is 5.69. The van der Waals surface area contributed by atoms with Crippen LogP contribution in [0.3, 0.4) is 0 Å². The molecule has 7 atom stereocenters. The first-order valence-electron chi connectivity index (χ1n) is 10.5. The summed E-state index contributed by atoms with van der Waals surface area (Å²) in [7, 11) is -4.73. The van der Waals surface area contributed by atoms with Crippen LogP contribution in [0, 0.1) is 28.6 Å². The van der Waals surface area contributed by atoms with Crippen molar-refractivity contribution in [3.05, 3.63) is 11.6 Å². The van der Waals surface area contributed by atoms with E-state index in [0.717, 1.165) is 38.5 Å². The van der Waals surface area contributed by atoms with Gasteiger partial charge in [0.05, 0.1) is 6.10 Å². The molecule has 0 aromatic heterocycles. The Morgan fingerprint density at radius 2 is 1.82 bits per heavy atom. The zero-order valence-corrected chi connectivity index (χ0v) is 17.8. The molecule has 4 aliphatic carbocycles. The van der Waals surface area contributed by atoms with Crippen LogP contribution in [0.2, 0.25) is 0 Å². The normalized spacial score (nSPS) is 48.2. The van der Waals surface area contributed by atoms with Gasteiger partial charge >= 0.3 is 10.4 Å². The van der Waals surface area contributed by atoms with Crippen LogP contribution in [0.5, 0.6) is 0 Å². The number of hydrogen-bond donors (Lipinski definition) is 2.